The van der Waals surface area contributed by atoms with Gasteiger partial charge in [-0.3, -0.25) is 0 Å². The number of ether oxygens (including phenoxy) is 2. The molecule has 0 radical (unpaired) electrons. The summed E-state index contributed by atoms with van der Waals surface area (Å²) in [6.45, 7) is 3.95. The van der Waals surface area contributed by atoms with Gasteiger partial charge in [0.25, 0.3) is 0 Å². The van der Waals surface area contributed by atoms with Crippen molar-refractivity contribution < 1.29 is 18.7 Å². The largest absolute Gasteiger partial charge is 0.480 e. The summed E-state index contributed by atoms with van der Waals surface area (Å²) >= 11 is 6.16. The molecule has 1 aromatic heterocycles. The zero-order chi connectivity index (χ0) is 16.1. The molecule has 0 aliphatic rings. The predicted molar refractivity (Wildman–Crippen MR) is 83.6 cm³/mol. The van der Waals surface area contributed by atoms with Crippen LogP contribution in [-0.4, -0.2) is 19.2 Å². The van der Waals surface area contributed by atoms with Crippen molar-refractivity contribution in [2.75, 3.05) is 13.2 Å². The second-order valence-corrected chi connectivity index (χ2v) is 5.14. The lowest BCUT2D eigenvalue weighted by Crippen LogP contribution is -2.15. The van der Waals surface area contributed by atoms with Gasteiger partial charge in [-0.2, -0.15) is 0 Å². The number of aryl methyl sites for hydroxylation is 1. The molecule has 0 bridgehead atoms. The normalized spacial score (nSPS) is 10.7. The van der Waals surface area contributed by atoms with E-state index in [1.54, 1.807) is 6.07 Å². The topological polar surface area (TPSA) is 65.7 Å². The van der Waals surface area contributed by atoms with Crippen LogP contribution in [0.3, 0.4) is 0 Å². The first-order chi connectivity index (χ1) is 10.5. The highest BCUT2D eigenvalue weighted by Crippen LogP contribution is 2.31. The molecule has 0 atom stereocenters. The van der Waals surface area contributed by atoms with E-state index in [1.807, 2.05) is 13.8 Å². The van der Waals surface area contributed by atoms with Gasteiger partial charge in [-0.25, -0.2) is 9.59 Å². The molecule has 0 spiro atoms. The molecule has 2 rings (SSSR count). The van der Waals surface area contributed by atoms with Crippen LogP contribution in [0.2, 0.25) is 5.02 Å². The third-order valence-electron chi connectivity index (χ3n) is 3.08. The molecule has 6 heteroatoms. The fraction of sp³-hybridized carbons (Fsp3) is 0.375. The summed E-state index contributed by atoms with van der Waals surface area (Å²) in [5.74, 6) is -0.194. The molecule has 0 amide bonds. The Kier molecular flexibility index (Phi) is 5.44. The fourth-order valence-electron chi connectivity index (χ4n) is 2.03. The van der Waals surface area contributed by atoms with E-state index in [4.69, 9.17) is 25.5 Å². The monoisotopic (exact) mass is 324 g/mol. The van der Waals surface area contributed by atoms with Crippen LogP contribution in [0, 0.1) is 0 Å². The Morgan fingerprint density at radius 3 is 2.73 bits per heavy atom. The Balaban J connectivity index is 2.26. The second-order valence-electron chi connectivity index (χ2n) is 4.73. The standard InChI is InChI=1S/C16H17ClO5/c1-3-5-20-16(19)9-21-14-8-13-11(7-12(14)17)10(4-2)6-15(18)22-13/h6-8H,3-5,9H2,1-2H3. The first kappa shape index (κ1) is 16.4. The zero-order valence-corrected chi connectivity index (χ0v) is 13.2. The van der Waals surface area contributed by atoms with Crippen LogP contribution in [0.4, 0.5) is 0 Å². The Morgan fingerprint density at radius 1 is 1.27 bits per heavy atom. The number of fused-ring (bicyclic) bond motifs is 1. The smallest absolute Gasteiger partial charge is 0.344 e. The van der Waals surface area contributed by atoms with Crippen molar-refractivity contribution in [2.24, 2.45) is 0 Å². The molecule has 0 N–H and O–H groups in total. The molecule has 1 heterocycles. The lowest BCUT2D eigenvalue weighted by Gasteiger charge is -2.10. The van der Waals surface area contributed by atoms with Crippen molar-refractivity contribution in [3.8, 4) is 5.75 Å². The average Bonchev–Trinajstić information content (AvgIpc) is 2.50. The summed E-state index contributed by atoms with van der Waals surface area (Å²) in [4.78, 5) is 23.0. The molecule has 22 heavy (non-hydrogen) atoms. The number of hydrogen-bond donors (Lipinski definition) is 0. The Hall–Kier alpha value is -2.01. The quantitative estimate of drug-likeness (QED) is 0.602. The van der Waals surface area contributed by atoms with Crippen molar-refractivity contribution in [3.63, 3.8) is 0 Å². The predicted octanol–water partition coefficient (Wildman–Crippen LogP) is 3.34. The maximum Gasteiger partial charge on any atom is 0.344 e. The third-order valence-corrected chi connectivity index (χ3v) is 3.37. The average molecular weight is 325 g/mol. The maximum absolute atomic E-state index is 11.5. The second kappa shape index (κ2) is 7.31. The van der Waals surface area contributed by atoms with Crippen molar-refractivity contribution >= 4 is 28.5 Å². The molecule has 0 saturated heterocycles. The van der Waals surface area contributed by atoms with Crippen LogP contribution in [0.15, 0.2) is 27.4 Å². The lowest BCUT2D eigenvalue weighted by molar-refractivity contribution is -0.146. The molecule has 118 valence electrons. The highest BCUT2D eigenvalue weighted by Gasteiger charge is 2.12. The van der Waals surface area contributed by atoms with E-state index in [9.17, 15) is 9.59 Å². The molecule has 0 fully saturated rings. The molecule has 1 aromatic carbocycles. The van der Waals surface area contributed by atoms with Crippen molar-refractivity contribution in [3.05, 3.63) is 39.2 Å². The van der Waals surface area contributed by atoms with Crippen molar-refractivity contribution in [2.45, 2.75) is 26.7 Å². The molecule has 0 aliphatic carbocycles. The van der Waals surface area contributed by atoms with Gasteiger partial charge in [-0.05, 0) is 24.5 Å². The number of halogens is 1. The summed E-state index contributed by atoms with van der Waals surface area (Å²) in [6.07, 6.45) is 1.43. The summed E-state index contributed by atoms with van der Waals surface area (Å²) in [5.41, 5.74) is 0.799. The number of carbonyl (C=O) groups excluding carboxylic acids is 1. The first-order valence-corrected chi connectivity index (χ1v) is 7.47. The van der Waals surface area contributed by atoms with Gasteiger partial charge in [0.1, 0.15) is 11.3 Å². The molecule has 0 aliphatic heterocycles. The van der Waals surface area contributed by atoms with Gasteiger partial charge in [0, 0.05) is 17.5 Å². The van der Waals surface area contributed by atoms with Gasteiger partial charge >= 0.3 is 11.6 Å². The van der Waals surface area contributed by atoms with E-state index in [2.05, 4.69) is 0 Å². The lowest BCUT2D eigenvalue weighted by atomic mass is 10.1. The molecule has 2 aromatic rings. The van der Waals surface area contributed by atoms with Crippen LogP contribution >= 0.6 is 11.6 Å². The van der Waals surface area contributed by atoms with Crippen molar-refractivity contribution in [1.82, 2.24) is 0 Å². The van der Waals surface area contributed by atoms with E-state index >= 15 is 0 Å². The fourth-order valence-corrected chi connectivity index (χ4v) is 2.24. The number of esters is 1. The van der Waals surface area contributed by atoms with Crippen LogP contribution < -0.4 is 10.4 Å². The molecular weight excluding hydrogens is 308 g/mol. The van der Waals surface area contributed by atoms with Crippen LogP contribution in [0.5, 0.6) is 5.75 Å². The van der Waals surface area contributed by atoms with E-state index in [-0.39, 0.29) is 12.4 Å². The SMILES string of the molecule is CCCOC(=O)COc1cc2oc(=O)cc(CC)c2cc1Cl. The maximum atomic E-state index is 11.5. The van der Waals surface area contributed by atoms with Gasteiger partial charge in [-0.1, -0.05) is 25.4 Å². The van der Waals surface area contributed by atoms with Gasteiger partial charge in [0.2, 0.25) is 0 Å². The first-order valence-electron chi connectivity index (χ1n) is 7.09. The summed E-state index contributed by atoms with van der Waals surface area (Å²) in [5, 5.41) is 1.10. The highest BCUT2D eigenvalue weighted by molar-refractivity contribution is 6.32. The Labute approximate surface area is 132 Å². The summed E-state index contributed by atoms with van der Waals surface area (Å²) in [7, 11) is 0. The number of carbonyl (C=O) groups is 1. The molecule has 0 unspecified atom stereocenters. The molecular formula is C16H17ClO5. The Morgan fingerprint density at radius 2 is 2.05 bits per heavy atom. The number of hydrogen-bond acceptors (Lipinski definition) is 5. The van der Waals surface area contributed by atoms with Crippen LogP contribution in [0.1, 0.15) is 25.8 Å². The van der Waals surface area contributed by atoms with Crippen LogP contribution in [0.25, 0.3) is 11.0 Å². The van der Waals surface area contributed by atoms with Gasteiger partial charge in [-0.15, -0.1) is 0 Å². The van der Waals surface area contributed by atoms with E-state index in [0.29, 0.717) is 23.6 Å². The van der Waals surface area contributed by atoms with E-state index < -0.39 is 11.6 Å². The van der Waals surface area contributed by atoms with Gasteiger partial charge < -0.3 is 13.9 Å². The molecule has 5 nitrogen and oxygen atoms in total. The minimum Gasteiger partial charge on any atom is -0.480 e. The molecule has 0 saturated carbocycles. The van der Waals surface area contributed by atoms with E-state index in [0.717, 1.165) is 17.4 Å². The highest BCUT2D eigenvalue weighted by atomic mass is 35.5. The van der Waals surface area contributed by atoms with Crippen LogP contribution in [-0.2, 0) is 16.0 Å². The van der Waals surface area contributed by atoms with Crippen molar-refractivity contribution in [1.29, 1.82) is 0 Å². The summed E-state index contributed by atoms with van der Waals surface area (Å²) in [6, 6.07) is 4.64. The minimum atomic E-state index is -0.471. The summed E-state index contributed by atoms with van der Waals surface area (Å²) < 4.78 is 15.4. The Bertz CT molecular complexity index is 735. The number of rotatable bonds is 6. The van der Waals surface area contributed by atoms with Gasteiger partial charge in [0.05, 0.1) is 11.6 Å². The number of benzene rings is 1. The zero-order valence-electron chi connectivity index (χ0n) is 12.5. The van der Waals surface area contributed by atoms with E-state index in [1.165, 1.54) is 12.1 Å². The third kappa shape index (κ3) is 3.80. The minimum absolute atomic E-state index is 0.247. The van der Waals surface area contributed by atoms with Gasteiger partial charge in [0.15, 0.2) is 6.61 Å².